The number of hydrogen-bond acceptors (Lipinski definition) is 6. The van der Waals surface area contributed by atoms with Crippen LogP contribution >= 0.6 is 23.5 Å². The fourth-order valence-electron chi connectivity index (χ4n) is 1.92. The predicted molar refractivity (Wildman–Crippen MR) is 87.5 cm³/mol. The highest BCUT2D eigenvalue weighted by molar-refractivity contribution is 7.99. The predicted octanol–water partition coefficient (Wildman–Crippen LogP) is 3.19. The van der Waals surface area contributed by atoms with Crippen molar-refractivity contribution in [2.75, 3.05) is 6.61 Å². The summed E-state index contributed by atoms with van der Waals surface area (Å²) in [7, 11) is 0. The average molecular weight is 332 g/mol. The molecule has 0 aliphatic heterocycles. The zero-order valence-electron chi connectivity index (χ0n) is 11.7. The summed E-state index contributed by atoms with van der Waals surface area (Å²) >= 11 is 2.46. The van der Waals surface area contributed by atoms with Gasteiger partial charge in [0.1, 0.15) is 5.03 Å². The van der Waals surface area contributed by atoms with Gasteiger partial charge in [-0.3, -0.25) is 4.79 Å². The summed E-state index contributed by atoms with van der Waals surface area (Å²) in [6.45, 7) is 2.04. The molecule has 0 saturated carbocycles. The Balaban J connectivity index is 2.00. The maximum absolute atomic E-state index is 12.3. The third-order valence-corrected chi connectivity index (χ3v) is 5.06. The summed E-state index contributed by atoms with van der Waals surface area (Å²) in [5, 5.41) is 1.11. The Morgan fingerprint density at radius 3 is 2.91 bits per heavy atom. The third kappa shape index (κ3) is 2.77. The Labute approximate surface area is 134 Å². The first-order chi connectivity index (χ1) is 10.7. The van der Waals surface area contributed by atoms with Crippen LogP contribution in [0.15, 0.2) is 52.4 Å². The topological polar surface area (TPSA) is 61.2 Å². The summed E-state index contributed by atoms with van der Waals surface area (Å²) in [4.78, 5) is 28.5. The average Bonchev–Trinajstić information content (AvgIpc) is 2.85. The number of carbonyl (C=O) groups is 1. The van der Waals surface area contributed by atoms with Crippen molar-refractivity contribution in [2.24, 2.45) is 0 Å². The molecule has 0 atom stereocenters. The molecule has 22 heavy (non-hydrogen) atoms. The number of carbonyl (C=O) groups excluding carboxylic acids is 1. The molecule has 3 rings (SSSR count). The van der Waals surface area contributed by atoms with Crippen LogP contribution in [0.1, 0.15) is 17.3 Å². The molecular weight excluding hydrogens is 320 g/mol. The molecule has 5 nitrogen and oxygen atoms in total. The molecule has 0 aliphatic carbocycles. The van der Waals surface area contributed by atoms with Crippen LogP contribution in [0, 0.1) is 0 Å². The standard InChI is InChI=1S/C15H12N2O3S2/c1-2-20-15(19)11-7-5-9-16-13(11)22-17-14(18)10-6-3-4-8-12(10)21-17/h3-9H,2H2,1H3. The van der Waals surface area contributed by atoms with E-state index in [1.54, 1.807) is 31.3 Å². The van der Waals surface area contributed by atoms with Gasteiger partial charge in [0.2, 0.25) is 0 Å². The summed E-state index contributed by atoms with van der Waals surface area (Å²) in [5.41, 5.74) is 0.254. The van der Waals surface area contributed by atoms with Gasteiger partial charge >= 0.3 is 5.97 Å². The van der Waals surface area contributed by atoms with Crippen molar-refractivity contribution in [1.29, 1.82) is 0 Å². The largest absolute Gasteiger partial charge is 0.462 e. The molecule has 0 fully saturated rings. The van der Waals surface area contributed by atoms with Crippen molar-refractivity contribution < 1.29 is 9.53 Å². The van der Waals surface area contributed by atoms with Crippen LogP contribution in [0.5, 0.6) is 0 Å². The molecular formula is C15H12N2O3S2. The number of hydrogen-bond donors (Lipinski definition) is 0. The minimum atomic E-state index is -0.438. The Morgan fingerprint density at radius 1 is 1.32 bits per heavy atom. The fraction of sp³-hybridized carbons (Fsp3) is 0.133. The number of aromatic nitrogens is 2. The van der Waals surface area contributed by atoms with Crippen molar-refractivity contribution in [3.8, 4) is 0 Å². The van der Waals surface area contributed by atoms with Crippen molar-refractivity contribution in [2.45, 2.75) is 11.9 Å². The van der Waals surface area contributed by atoms with Crippen LogP contribution in [0.4, 0.5) is 0 Å². The molecule has 0 saturated heterocycles. The van der Waals surface area contributed by atoms with Crippen molar-refractivity contribution in [3.05, 3.63) is 58.5 Å². The van der Waals surface area contributed by atoms with Crippen molar-refractivity contribution in [3.63, 3.8) is 0 Å². The number of pyridine rings is 1. The molecule has 1 aromatic carbocycles. The second-order valence-electron chi connectivity index (χ2n) is 4.32. The first kappa shape index (κ1) is 14.8. The van der Waals surface area contributed by atoms with Crippen LogP contribution in [0.3, 0.4) is 0 Å². The van der Waals surface area contributed by atoms with Gasteiger partial charge in [-0.05, 0) is 42.7 Å². The van der Waals surface area contributed by atoms with E-state index in [0.717, 1.165) is 16.6 Å². The van der Waals surface area contributed by atoms with E-state index in [9.17, 15) is 9.59 Å². The van der Waals surface area contributed by atoms with E-state index in [2.05, 4.69) is 4.98 Å². The summed E-state index contributed by atoms with van der Waals surface area (Å²) in [5.74, 6) is -0.438. The van der Waals surface area contributed by atoms with E-state index in [-0.39, 0.29) is 5.56 Å². The number of rotatable bonds is 4. The number of esters is 1. The van der Waals surface area contributed by atoms with E-state index >= 15 is 0 Å². The zero-order chi connectivity index (χ0) is 15.5. The number of ether oxygens (including phenoxy) is 1. The van der Waals surface area contributed by atoms with Gasteiger partial charge in [0.15, 0.2) is 0 Å². The lowest BCUT2D eigenvalue weighted by Gasteiger charge is -2.06. The zero-order valence-corrected chi connectivity index (χ0v) is 13.3. The van der Waals surface area contributed by atoms with Gasteiger partial charge in [0.25, 0.3) is 5.56 Å². The van der Waals surface area contributed by atoms with Gasteiger partial charge in [-0.15, -0.1) is 0 Å². The molecule has 112 valence electrons. The van der Waals surface area contributed by atoms with Gasteiger partial charge < -0.3 is 4.74 Å². The molecule has 3 aromatic rings. The van der Waals surface area contributed by atoms with Crippen LogP contribution in [-0.4, -0.2) is 20.9 Å². The minimum Gasteiger partial charge on any atom is -0.462 e. The molecule has 0 radical (unpaired) electrons. The summed E-state index contributed by atoms with van der Waals surface area (Å²) in [6.07, 6.45) is 1.59. The molecule has 7 heteroatoms. The van der Waals surface area contributed by atoms with E-state index < -0.39 is 5.97 Å². The molecule has 2 aromatic heterocycles. The lowest BCUT2D eigenvalue weighted by atomic mass is 10.3. The van der Waals surface area contributed by atoms with E-state index in [1.165, 1.54) is 14.9 Å². The molecule has 0 unspecified atom stereocenters. The minimum absolute atomic E-state index is 0.105. The monoisotopic (exact) mass is 332 g/mol. The summed E-state index contributed by atoms with van der Waals surface area (Å²) in [6, 6.07) is 10.7. The maximum atomic E-state index is 12.3. The number of fused-ring (bicyclic) bond motifs is 1. The Kier molecular flexibility index (Phi) is 4.26. The van der Waals surface area contributed by atoms with E-state index in [0.29, 0.717) is 22.6 Å². The van der Waals surface area contributed by atoms with Crippen LogP contribution in [0.2, 0.25) is 0 Å². The first-order valence-electron chi connectivity index (χ1n) is 6.62. The van der Waals surface area contributed by atoms with Crippen LogP contribution < -0.4 is 5.56 Å². The molecule has 2 heterocycles. The smallest absolute Gasteiger partial charge is 0.340 e. The van der Waals surface area contributed by atoms with Crippen LogP contribution in [-0.2, 0) is 4.74 Å². The van der Waals surface area contributed by atoms with Crippen molar-refractivity contribution in [1.82, 2.24) is 8.35 Å². The third-order valence-electron chi connectivity index (χ3n) is 2.90. The summed E-state index contributed by atoms with van der Waals surface area (Å²) < 4.78 is 7.44. The van der Waals surface area contributed by atoms with Gasteiger partial charge in [0.05, 0.1) is 22.3 Å². The molecule has 0 bridgehead atoms. The van der Waals surface area contributed by atoms with E-state index in [1.807, 2.05) is 18.2 Å². The lowest BCUT2D eigenvalue weighted by molar-refractivity contribution is 0.0521. The Morgan fingerprint density at radius 2 is 2.14 bits per heavy atom. The van der Waals surface area contributed by atoms with Gasteiger partial charge in [-0.25, -0.2) is 9.78 Å². The number of benzene rings is 1. The molecule has 0 aliphatic rings. The lowest BCUT2D eigenvalue weighted by Crippen LogP contribution is -2.10. The highest BCUT2D eigenvalue weighted by Gasteiger charge is 2.16. The Hall–Kier alpha value is -2.12. The maximum Gasteiger partial charge on any atom is 0.340 e. The normalized spacial score (nSPS) is 10.8. The second kappa shape index (κ2) is 6.33. The highest BCUT2D eigenvalue weighted by Crippen LogP contribution is 2.26. The van der Waals surface area contributed by atoms with Crippen molar-refractivity contribution >= 4 is 39.5 Å². The van der Waals surface area contributed by atoms with E-state index in [4.69, 9.17) is 4.74 Å². The molecule has 0 amide bonds. The SMILES string of the molecule is CCOC(=O)c1cccnc1Sn1sc2ccccc2c1=O. The van der Waals surface area contributed by atoms with Crippen LogP contribution in [0.25, 0.3) is 10.1 Å². The van der Waals surface area contributed by atoms with Gasteiger partial charge in [0, 0.05) is 18.1 Å². The quantitative estimate of drug-likeness (QED) is 0.687. The molecule has 0 N–H and O–H groups in total. The Bertz CT molecular complexity index is 886. The number of nitrogens with zero attached hydrogens (tertiary/aromatic N) is 2. The second-order valence-corrected chi connectivity index (χ2v) is 6.47. The van der Waals surface area contributed by atoms with Gasteiger partial charge in [-0.2, -0.15) is 3.36 Å². The highest BCUT2D eigenvalue weighted by atomic mass is 32.2. The fourth-order valence-corrected chi connectivity index (χ4v) is 3.97. The van der Waals surface area contributed by atoms with Gasteiger partial charge in [-0.1, -0.05) is 12.1 Å². The first-order valence-corrected chi connectivity index (χ1v) is 8.17. The molecule has 0 spiro atoms.